The molecule has 0 radical (unpaired) electrons. The monoisotopic (exact) mass is 360 g/mol. The van der Waals surface area contributed by atoms with E-state index >= 15 is 0 Å². The van der Waals surface area contributed by atoms with Gasteiger partial charge in [-0.05, 0) is 60.8 Å². The molecule has 1 aliphatic rings. The lowest BCUT2D eigenvalue weighted by molar-refractivity contribution is -0.384. The molecule has 0 saturated heterocycles. The normalized spacial score (nSPS) is 22.2. The first-order valence-corrected chi connectivity index (χ1v) is 8.93. The first-order valence-electron chi connectivity index (χ1n) is 8.93. The molecule has 0 amide bonds. The largest absolute Gasteiger partial charge is 0.466 e. The van der Waals surface area contributed by atoms with Gasteiger partial charge < -0.3 is 10.1 Å². The number of carbonyl (C=O) groups excluding carboxylic acids is 1. The van der Waals surface area contributed by atoms with Crippen molar-refractivity contribution in [1.29, 1.82) is 0 Å². The summed E-state index contributed by atoms with van der Waals surface area (Å²) >= 11 is 0. The van der Waals surface area contributed by atoms with E-state index in [1.165, 1.54) is 25.7 Å². The standard InChI is InChI=1S/C20H28N2O4/c1-13-8-16(12-20(3,4)11-13)21-17-9-14(2)15(6-7-19(23)26-5)10-18(17)22(24)25/h6-7,9-10,13,16,21H,8,11-12H2,1-5H3/b7-6+/t13-,16+/m1/s1. The molecule has 26 heavy (non-hydrogen) atoms. The van der Waals surface area contributed by atoms with Crippen molar-refractivity contribution in [1.82, 2.24) is 0 Å². The highest BCUT2D eigenvalue weighted by Crippen LogP contribution is 2.40. The Bertz CT molecular complexity index is 725. The number of rotatable bonds is 5. The summed E-state index contributed by atoms with van der Waals surface area (Å²) in [5.74, 6) is 0.0892. The zero-order valence-electron chi connectivity index (χ0n) is 16.2. The highest BCUT2D eigenvalue weighted by atomic mass is 16.6. The molecule has 1 fully saturated rings. The van der Waals surface area contributed by atoms with Crippen LogP contribution in [0.3, 0.4) is 0 Å². The summed E-state index contributed by atoms with van der Waals surface area (Å²) in [4.78, 5) is 22.5. The quantitative estimate of drug-likeness (QED) is 0.356. The van der Waals surface area contributed by atoms with Crippen molar-refractivity contribution < 1.29 is 14.5 Å². The minimum atomic E-state index is -0.493. The molecule has 0 aliphatic heterocycles. The minimum Gasteiger partial charge on any atom is -0.466 e. The molecule has 6 nitrogen and oxygen atoms in total. The van der Waals surface area contributed by atoms with Crippen LogP contribution in [0.2, 0.25) is 0 Å². The molecule has 142 valence electrons. The zero-order valence-corrected chi connectivity index (χ0v) is 16.2. The fraction of sp³-hybridized carbons (Fsp3) is 0.550. The maximum atomic E-state index is 11.6. The number of hydrogen-bond acceptors (Lipinski definition) is 5. The SMILES string of the molecule is COC(=O)/C=C/c1cc([N+](=O)[O-])c(N[C@H]2C[C@@H](C)CC(C)(C)C2)cc1C. The van der Waals surface area contributed by atoms with Gasteiger partial charge in [-0.1, -0.05) is 20.8 Å². The van der Waals surface area contributed by atoms with Crippen LogP contribution in [-0.2, 0) is 9.53 Å². The van der Waals surface area contributed by atoms with E-state index in [1.54, 1.807) is 12.1 Å². The van der Waals surface area contributed by atoms with Crippen molar-refractivity contribution in [2.24, 2.45) is 11.3 Å². The molecule has 0 bridgehead atoms. The van der Waals surface area contributed by atoms with Gasteiger partial charge in [0.2, 0.25) is 0 Å². The lowest BCUT2D eigenvalue weighted by Crippen LogP contribution is -2.35. The van der Waals surface area contributed by atoms with Crippen molar-refractivity contribution in [2.75, 3.05) is 12.4 Å². The van der Waals surface area contributed by atoms with Crippen LogP contribution in [0, 0.1) is 28.4 Å². The Hall–Kier alpha value is -2.37. The Labute approximate surface area is 154 Å². The summed E-state index contributed by atoms with van der Waals surface area (Å²) in [6, 6.07) is 3.51. The third kappa shape index (κ3) is 5.07. The number of benzene rings is 1. The van der Waals surface area contributed by atoms with Crippen LogP contribution in [-0.4, -0.2) is 24.0 Å². The predicted octanol–water partition coefficient (Wildman–Crippen LogP) is 4.72. The molecule has 0 aromatic heterocycles. The number of ether oxygens (including phenoxy) is 1. The number of esters is 1. The topological polar surface area (TPSA) is 81.5 Å². The van der Waals surface area contributed by atoms with E-state index in [4.69, 9.17) is 0 Å². The number of nitrogens with one attached hydrogen (secondary N) is 1. The van der Waals surface area contributed by atoms with Crippen molar-refractivity contribution in [3.05, 3.63) is 39.4 Å². The Morgan fingerprint density at radius 2 is 2.08 bits per heavy atom. The van der Waals surface area contributed by atoms with Gasteiger partial charge in [-0.25, -0.2) is 4.79 Å². The van der Waals surface area contributed by atoms with Crippen LogP contribution >= 0.6 is 0 Å². The van der Waals surface area contributed by atoms with Gasteiger partial charge in [0, 0.05) is 18.2 Å². The molecule has 0 unspecified atom stereocenters. The molecule has 1 saturated carbocycles. The van der Waals surface area contributed by atoms with Gasteiger partial charge in [0.15, 0.2) is 0 Å². The number of methoxy groups -OCH3 is 1. The van der Waals surface area contributed by atoms with Crippen molar-refractivity contribution in [2.45, 2.75) is 53.0 Å². The smallest absolute Gasteiger partial charge is 0.330 e. The molecule has 0 spiro atoms. The van der Waals surface area contributed by atoms with Crippen LogP contribution in [0.4, 0.5) is 11.4 Å². The molecule has 1 aliphatic carbocycles. The molecule has 2 atom stereocenters. The molecular formula is C20H28N2O4. The van der Waals surface area contributed by atoms with Crippen LogP contribution in [0.5, 0.6) is 0 Å². The number of carbonyl (C=O) groups is 1. The van der Waals surface area contributed by atoms with E-state index in [0.29, 0.717) is 17.2 Å². The average molecular weight is 360 g/mol. The number of nitro benzene ring substituents is 1. The number of nitrogens with zero attached hydrogens (tertiary/aromatic N) is 1. The Kier molecular flexibility index (Phi) is 6.05. The average Bonchev–Trinajstić information content (AvgIpc) is 2.51. The number of aryl methyl sites for hydroxylation is 1. The summed E-state index contributed by atoms with van der Waals surface area (Å²) in [5.41, 5.74) is 2.28. The van der Waals surface area contributed by atoms with Gasteiger partial charge in [0.1, 0.15) is 5.69 Å². The van der Waals surface area contributed by atoms with Crippen molar-refractivity contribution >= 4 is 23.4 Å². The molecule has 2 rings (SSSR count). The second-order valence-electron chi connectivity index (χ2n) is 8.09. The first-order chi connectivity index (χ1) is 12.1. The summed E-state index contributed by atoms with van der Waals surface area (Å²) < 4.78 is 4.57. The second kappa shape index (κ2) is 7.89. The maximum Gasteiger partial charge on any atom is 0.330 e. The number of hydrogen-bond donors (Lipinski definition) is 1. The molecule has 6 heteroatoms. The fourth-order valence-electron chi connectivity index (χ4n) is 4.06. The van der Waals surface area contributed by atoms with Gasteiger partial charge >= 0.3 is 5.97 Å². The number of anilines is 1. The third-order valence-corrected chi connectivity index (χ3v) is 4.93. The van der Waals surface area contributed by atoms with Crippen molar-refractivity contribution in [3.8, 4) is 0 Å². The van der Waals surface area contributed by atoms with Crippen LogP contribution in [0.15, 0.2) is 18.2 Å². The third-order valence-electron chi connectivity index (χ3n) is 4.93. The summed E-state index contributed by atoms with van der Waals surface area (Å²) in [5, 5.41) is 15.0. The van der Waals surface area contributed by atoms with E-state index in [9.17, 15) is 14.9 Å². The molecular weight excluding hydrogens is 332 g/mol. The van der Waals surface area contributed by atoms with E-state index in [2.05, 4.69) is 30.8 Å². The van der Waals surface area contributed by atoms with Gasteiger partial charge in [-0.2, -0.15) is 0 Å². The lowest BCUT2D eigenvalue weighted by Gasteiger charge is -2.39. The van der Waals surface area contributed by atoms with E-state index in [1.807, 2.05) is 6.92 Å². The molecule has 0 heterocycles. The van der Waals surface area contributed by atoms with E-state index < -0.39 is 5.97 Å². The fourth-order valence-corrected chi connectivity index (χ4v) is 4.06. The van der Waals surface area contributed by atoms with Crippen LogP contribution in [0.25, 0.3) is 6.08 Å². The first kappa shape index (κ1) is 19.9. The second-order valence-corrected chi connectivity index (χ2v) is 8.09. The summed E-state index contributed by atoms with van der Waals surface area (Å²) in [6.07, 6.45) is 5.97. The summed E-state index contributed by atoms with van der Waals surface area (Å²) in [7, 11) is 1.29. The highest BCUT2D eigenvalue weighted by molar-refractivity contribution is 5.87. The Morgan fingerprint density at radius 3 is 2.65 bits per heavy atom. The van der Waals surface area contributed by atoms with E-state index in [0.717, 1.165) is 18.4 Å². The molecule has 1 aromatic carbocycles. The molecule has 1 aromatic rings. The maximum absolute atomic E-state index is 11.6. The summed E-state index contributed by atoms with van der Waals surface area (Å²) in [6.45, 7) is 8.60. The van der Waals surface area contributed by atoms with Crippen molar-refractivity contribution in [3.63, 3.8) is 0 Å². The Morgan fingerprint density at radius 1 is 1.38 bits per heavy atom. The lowest BCUT2D eigenvalue weighted by atomic mass is 9.70. The van der Waals surface area contributed by atoms with E-state index in [-0.39, 0.29) is 22.1 Å². The van der Waals surface area contributed by atoms with Crippen LogP contribution < -0.4 is 5.32 Å². The Balaban J connectivity index is 2.31. The minimum absolute atomic E-state index is 0.0242. The van der Waals surface area contributed by atoms with Gasteiger partial charge in [-0.15, -0.1) is 0 Å². The van der Waals surface area contributed by atoms with Crippen LogP contribution in [0.1, 0.15) is 51.2 Å². The number of nitro groups is 1. The van der Waals surface area contributed by atoms with Gasteiger partial charge in [0.25, 0.3) is 5.69 Å². The molecule has 1 N–H and O–H groups in total. The predicted molar refractivity (Wildman–Crippen MR) is 103 cm³/mol. The van der Waals surface area contributed by atoms with Gasteiger partial charge in [-0.3, -0.25) is 10.1 Å². The van der Waals surface area contributed by atoms with Gasteiger partial charge in [0.05, 0.1) is 12.0 Å². The zero-order chi connectivity index (χ0) is 19.5. The highest BCUT2D eigenvalue weighted by Gasteiger charge is 2.33.